The first-order chi connectivity index (χ1) is 11.8. The van der Waals surface area contributed by atoms with Gasteiger partial charge in [0.15, 0.2) is 0 Å². The Bertz CT molecular complexity index is 428. The molecule has 4 fully saturated rings. The van der Waals surface area contributed by atoms with Gasteiger partial charge in [0.2, 0.25) is 0 Å². The molecule has 2 saturated carbocycles. The summed E-state index contributed by atoms with van der Waals surface area (Å²) in [5, 5.41) is 3.26. The summed E-state index contributed by atoms with van der Waals surface area (Å²) in [5.74, 6) is 0.641. The van der Waals surface area contributed by atoms with E-state index in [9.17, 15) is 4.79 Å². The summed E-state index contributed by atoms with van der Waals surface area (Å²) in [7, 11) is 0. The molecule has 2 aliphatic heterocycles. The molecule has 4 rings (SSSR count). The molecule has 5 nitrogen and oxygen atoms in total. The number of likely N-dealkylation sites (tertiary alicyclic amines) is 1. The van der Waals surface area contributed by atoms with Crippen molar-refractivity contribution in [3.05, 3.63) is 0 Å². The minimum absolute atomic E-state index is 0.155. The molecule has 0 aromatic rings. The number of nitrogens with zero attached hydrogens (tertiary/aromatic N) is 2. The van der Waals surface area contributed by atoms with Crippen molar-refractivity contribution in [3.8, 4) is 0 Å². The van der Waals surface area contributed by atoms with E-state index in [2.05, 4.69) is 15.1 Å². The van der Waals surface area contributed by atoms with Gasteiger partial charge in [0.1, 0.15) is 0 Å². The Hall–Kier alpha value is -0.810. The zero-order chi connectivity index (χ0) is 16.4. The topological polar surface area (TPSA) is 44.8 Å². The van der Waals surface area contributed by atoms with Gasteiger partial charge in [-0.05, 0) is 57.4 Å². The van der Waals surface area contributed by atoms with Gasteiger partial charge in [-0.3, -0.25) is 0 Å². The molecule has 2 aliphatic carbocycles. The lowest BCUT2D eigenvalue weighted by molar-refractivity contribution is 0.0697. The predicted octanol–water partition coefficient (Wildman–Crippen LogP) is 2.60. The number of carbonyl (C=O) groups is 1. The van der Waals surface area contributed by atoms with Crippen molar-refractivity contribution < 1.29 is 9.53 Å². The van der Waals surface area contributed by atoms with Crippen molar-refractivity contribution in [3.63, 3.8) is 0 Å². The van der Waals surface area contributed by atoms with Crippen molar-refractivity contribution in [1.82, 2.24) is 15.1 Å². The van der Waals surface area contributed by atoms with E-state index in [0.717, 1.165) is 38.6 Å². The quantitative estimate of drug-likeness (QED) is 0.811. The number of hydrogen-bond acceptors (Lipinski definition) is 3. The monoisotopic (exact) mass is 335 g/mol. The molecular weight excluding hydrogens is 302 g/mol. The van der Waals surface area contributed by atoms with Crippen LogP contribution in [0.5, 0.6) is 0 Å². The summed E-state index contributed by atoms with van der Waals surface area (Å²) in [4.78, 5) is 17.6. The van der Waals surface area contributed by atoms with Gasteiger partial charge in [0.25, 0.3) is 0 Å². The smallest absolute Gasteiger partial charge is 0.317 e. The molecule has 0 bridgehead atoms. The number of hydrogen-bond donors (Lipinski definition) is 1. The maximum atomic E-state index is 12.8. The Morgan fingerprint density at radius 3 is 2.62 bits per heavy atom. The molecule has 24 heavy (non-hydrogen) atoms. The fraction of sp³-hybridized carbons (Fsp3) is 0.947. The SMILES string of the molecule is O=C(NC[C@H]1CCN(C2CC2)C1)N(C[C@H]1CCCO1)C1CCCC1. The highest BCUT2D eigenvalue weighted by molar-refractivity contribution is 5.74. The van der Waals surface area contributed by atoms with Crippen molar-refractivity contribution in [2.75, 3.05) is 32.8 Å². The van der Waals surface area contributed by atoms with Gasteiger partial charge < -0.3 is 19.9 Å². The first-order valence-electron chi connectivity index (χ1n) is 10.2. The third kappa shape index (κ3) is 4.05. The molecule has 0 unspecified atom stereocenters. The molecule has 5 heteroatoms. The van der Waals surface area contributed by atoms with Crippen molar-refractivity contribution >= 4 is 6.03 Å². The number of carbonyl (C=O) groups excluding carboxylic acids is 1. The number of nitrogens with one attached hydrogen (secondary N) is 1. The van der Waals surface area contributed by atoms with Gasteiger partial charge in [0, 0.05) is 38.3 Å². The maximum absolute atomic E-state index is 12.8. The number of rotatable bonds is 6. The molecule has 2 saturated heterocycles. The van der Waals surface area contributed by atoms with Crippen LogP contribution < -0.4 is 5.32 Å². The Kier molecular flexibility index (Phi) is 5.28. The lowest BCUT2D eigenvalue weighted by Crippen LogP contribution is -2.49. The van der Waals surface area contributed by atoms with E-state index in [0.29, 0.717) is 12.0 Å². The lowest BCUT2D eigenvalue weighted by Gasteiger charge is -2.31. The standard InChI is InChI=1S/C19H33N3O2/c23-19(20-12-15-9-10-21(13-15)16-7-8-16)22(17-4-1-2-5-17)14-18-6-3-11-24-18/h15-18H,1-14H2,(H,20,23)/t15-,18-/m1/s1. The van der Waals surface area contributed by atoms with Crippen LogP contribution in [0.1, 0.15) is 57.8 Å². The largest absolute Gasteiger partial charge is 0.376 e. The van der Waals surface area contributed by atoms with Crippen LogP contribution >= 0.6 is 0 Å². The third-order valence-corrected chi connectivity index (χ3v) is 6.37. The number of urea groups is 1. The third-order valence-electron chi connectivity index (χ3n) is 6.37. The molecule has 1 N–H and O–H groups in total. The lowest BCUT2D eigenvalue weighted by atomic mass is 10.1. The second kappa shape index (κ2) is 7.61. The minimum Gasteiger partial charge on any atom is -0.376 e. The first-order valence-corrected chi connectivity index (χ1v) is 10.2. The van der Waals surface area contributed by atoms with E-state index in [1.54, 1.807) is 0 Å². The molecule has 0 radical (unpaired) electrons. The highest BCUT2D eigenvalue weighted by atomic mass is 16.5. The fourth-order valence-electron chi connectivity index (χ4n) is 4.76. The molecule has 0 spiro atoms. The normalized spacial score (nSPS) is 31.7. The van der Waals surface area contributed by atoms with Crippen LogP contribution in [-0.4, -0.2) is 66.8 Å². The summed E-state index contributed by atoms with van der Waals surface area (Å²) in [5.41, 5.74) is 0. The Labute approximate surface area is 146 Å². The molecule has 2 atom stereocenters. The second-order valence-electron chi connectivity index (χ2n) is 8.29. The highest BCUT2D eigenvalue weighted by Gasteiger charge is 2.35. The van der Waals surface area contributed by atoms with Gasteiger partial charge in [-0.15, -0.1) is 0 Å². The second-order valence-corrected chi connectivity index (χ2v) is 8.29. The summed E-state index contributed by atoms with van der Waals surface area (Å²) >= 11 is 0. The van der Waals surface area contributed by atoms with E-state index >= 15 is 0 Å². The number of ether oxygens (including phenoxy) is 1. The average molecular weight is 335 g/mol. The van der Waals surface area contributed by atoms with Crippen LogP contribution in [0, 0.1) is 5.92 Å². The van der Waals surface area contributed by atoms with Crippen molar-refractivity contribution in [2.24, 2.45) is 5.92 Å². The van der Waals surface area contributed by atoms with Crippen LogP contribution in [0.2, 0.25) is 0 Å². The van der Waals surface area contributed by atoms with Crippen molar-refractivity contribution in [1.29, 1.82) is 0 Å². The average Bonchev–Trinajstić information content (AvgIpc) is 3.06. The predicted molar refractivity (Wildman–Crippen MR) is 94.0 cm³/mol. The zero-order valence-electron chi connectivity index (χ0n) is 14.9. The molecule has 0 aromatic heterocycles. The Morgan fingerprint density at radius 1 is 1.08 bits per heavy atom. The fourth-order valence-corrected chi connectivity index (χ4v) is 4.76. The molecule has 0 aromatic carbocycles. The Morgan fingerprint density at radius 2 is 1.92 bits per heavy atom. The molecule has 4 aliphatic rings. The van der Waals surface area contributed by atoms with Crippen LogP contribution in [-0.2, 0) is 4.74 Å². The summed E-state index contributed by atoms with van der Waals surface area (Å²) in [6.07, 6.45) is 11.4. The van der Waals surface area contributed by atoms with E-state index in [4.69, 9.17) is 4.74 Å². The minimum atomic E-state index is 0.155. The van der Waals surface area contributed by atoms with Gasteiger partial charge >= 0.3 is 6.03 Å². The van der Waals surface area contributed by atoms with Gasteiger partial charge in [0.05, 0.1) is 6.10 Å². The van der Waals surface area contributed by atoms with Crippen LogP contribution in [0.3, 0.4) is 0 Å². The van der Waals surface area contributed by atoms with Gasteiger partial charge in [-0.2, -0.15) is 0 Å². The summed E-state index contributed by atoms with van der Waals surface area (Å²) < 4.78 is 5.79. The summed E-state index contributed by atoms with van der Waals surface area (Å²) in [6, 6.07) is 1.45. The van der Waals surface area contributed by atoms with E-state index in [1.165, 1.54) is 58.0 Å². The van der Waals surface area contributed by atoms with Crippen LogP contribution in [0.15, 0.2) is 0 Å². The van der Waals surface area contributed by atoms with Gasteiger partial charge in [-0.1, -0.05) is 12.8 Å². The molecular formula is C19H33N3O2. The Balaban J connectivity index is 1.27. The molecule has 136 valence electrons. The zero-order valence-corrected chi connectivity index (χ0v) is 14.9. The van der Waals surface area contributed by atoms with E-state index in [-0.39, 0.29) is 12.1 Å². The van der Waals surface area contributed by atoms with E-state index in [1.807, 2.05) is 0 Å². The number of amides is 2. The van der Waals surface area contributed by atoms with Crippen molar-refractivity contribution in [2.45, 2.75) is 76.0 Å². The van der Waals surface area contributed by atoms with Crippen LogP contribution in [0.4, 0.5) is 4.79 Å². The molecule has 2 heterocycles. The summed E-state index contributed by atoms with van der Waals surface area (Å²) in [6.45, 7) is 4.91. The highest BCUT2D eigenvalue weighted by Crippen LogP contribution is 2.31. The van der Waals surface area contributed by atoms with Crippen LogP contribution in [0.25, 0.3) is 0 Å². The maximum Gasteiger partial charge on any atom is 0.317 e. The van der Waals surface area contributed by atoms with E-state index < -0.39 is 0 Å². The first kappa shape index (κ1) is 16.6. The van der Waals surface area contributed by atoms with Gasteiger partial charge in [-0.25, -0.2) is 4.79 Å². The molecule has 2 amide bonds.